The number of aromatic nitrogens is 1. The van der Waals surface area contributed by atoms with Crippen LogP contribution >= 0.6 is 0 Å². The van der Waals surface area contributed by atoms with Crippen LogP contribution in [0, 0.1) is 5.92 Å². The van der Waals surface area contributed by atoms with Gasteiger partial charge < -0.3 is 19.4 Å². The Morgan fingerprint density at radius 2 is 2.00 bits per heavy atom. The molecular weight excluding hydrogens is 416 g/mol. The zero-order chi connectivity index (χ0) is 23.5. The van der Waals surface area contributed by atoms with Gasteiger partial charge in [-0.15, -0.1) is 0 Å². The summed E-state index contributed by atoms with van der Waals surface area (Å²) >= 11 is 0. The third kappa shape index (κ3) is 4.47. The average molecular weight is 449 g/mol. The number of esters is 1. The number of nitrogens with one attached hydrogen (secondary N) is 1. The summed E-state index contributed by atoms with van der Waals surface area (Å²) in [6.07, 6.45) is 4.82. The van der Waals surface area contributed by atoms with E-state index in [0.29, 0.717) is 17.7 Å². The van der Waals surface area contributed by atoms with Gasteiger partial charge >= 0.3 is 5.97 Å². The van der Waals surface area contributed by atoms with Crippen LogP contribution in [-0.2, 0) is 22.5 Å². The molecule has 33 heavy (non-hydrogen) atoms. The van der Waals surface area contributed by atoms with Crippen molar-refractivity contribution in [3.8, 4) is 5.75 Å². The maximum Gasteiger partial charge on any atom is 0.337 e. The molecule has 4 rings (SSSR count). The first kappa shape index (κ1) is 22.9. The fourth-order valence-electron chi connectivity index (χ4n) is 4.90. The highest BCUT2D eigenvalue weighted by Crippen LogP contribution is 2.34. The molecule has 2 atom stereocenters. The Kier molecular flexibility index (Phi) is 6.72. The lowest BCUT2D eigenvalue weighted by Crippen LogP contribution is -2.22. The van der Waals surface area contributed by atoms with Crippen LogP contribution in [0.25, 0.3) is 10.9 Å². The van der Waals surface area contributed by atoms with Crippen molar-refractivity contribution in [3.63, 3.8) is 0 Å². The summed E-state index contributed by atoms with van der Waals surface area (Å²) in [6.45, 7) is 6.02. The van der Waals surface area contributed by atoms with Crippen molar-refractivity contribution in [2.24, 2.45) is 5.92 Å². The van der Waals surface area contributed by atoms with E-state index in [1.54, 1.807) is 19.2 Å². The van der Waals surface area contributed by atoms with Gasteiger partial charge in [-0.05, 0) is 59.7 Å². The number of aryl methyl sites for hydroxylation is 1. The van der Waals surface area contributed by atoms with Crippen molar-refractivity contribution in [3.05, 3.63) is 64.8 Å². The molecule has 0 aliphatic carbocycles. The van der Waals surface area contributed by atoms with Crippen molar-refractivity contribution >= 4 is 22.8 Å². The predicted molar refractivity (Wildman–Crippen MR) is 129 cm³/mol. The largest absolute Gasteiger partial charge is 0.496 e. The number of rotatable bonds is 8. The van der Waals surface area contributed by atoms with Gasteiger partial charge in [0.1, 0.15) is 5.75 Å². The Labute approximate surface area is 194 Å². The number of methoxy groups -OCH3 is 2. The number of carbonyl (C=O) groups excluding carboxylic acids is 2. The summed E-state index contributed by atoms with van der Waals surface area (Å²) in [5, 5.41) is 4.16. The van der Waals surface area contributed by atoms with Gasteiger partial charge in [0.2, 0.25) is 5.91 Å². The lowest BCUT2D eigenvalue weighted by atomic mass is 9.86. The van der Waals surface area contributed by atoms with E-state index >= 15 is 0 Å². The zero-order valence-electron chi connectivity index (χ0n) is 19.8. The van der Waals surface area contributed by atoms with Gasteiger partial charge in [-0.3, -0.25) is 4.79 Å². The van der Waals surface area contributed by atoms with E-state index < -0.39 is 0 Å². The van der Waals surface area contributed by atoms with Crippen molar-refractivity contribution < 1.29 is 19.1 Å². The van der Waals surface area contributed by atoms with Crippen molar-refractivity contribution in [1.29, 1.82) is 0 Å². The summed E-state index contributed by atoms with van der Waals surface area (Å²) in [5.74, 6) is 0.625. The third-order valence-electron chi connectivity index (χ3n) is 6.76. The number of nitrogens with zero attached hydrogens (tertiary/aromatic N) is 1. The highest BCUT2D eigenvalue weighted by atomic mass is 16.5. The molecule has 2 unspecified atom stereocenters. The molecular formula is C27H32N2O4. The van der Waals surface area contributed by atoms with E-state index in [0.717, 1.165) is 31.5 Å². The molecule has 1 fully saturated rings. The quantitative estimate of drug-likeness (QED) is 0.508. The van der Waals surface area contributed by atoms with E-state index in [1.165, 1.54) is 29.1 Å². The van der Waals surface area contributed by atoms with Gasteiger partial charge in [0.05, 0.1) is 19.8 Å². The molecule has 0 radical (unpaired) electrons. The molecule has 1 aromatic heterocycles. The molecule has 0 bridgehead atoms. The van der Waals surface area contributed by atoms with Crippen LogP contribution in [0.4, 0.5) is 0 Å². The van der Waals surface area contributed by atoms with Crippen LogP contribution in [0.15, 0.2) is 42.6 Å². The highest BCUT2D eigenvalue weighted by molar-refractivity contribution is 5.90. The van der Waals surface area contributed by atoms with Crippen LogP contribution in [0.1, 0.15) is 59.7 Å². The maximum absolute atomic E-state index is 12.3. The molecule has 1 aliphatic heterocycles. The minimum absolute atomic E-state index is 0.0228. The summed E-state index contributed by atoms with van der Waals surface area (Å²) in [6, 6.07) is 12.1. The van der Waals surface area contributed by atoms with Crippen LogP contribution < -0.4 is 10.1 Å². The lowest BCUT2D eigenvalue weighted by molar-refractivity contribution is -0.122. The minimum atomic E-state index is -0.381. The molecule has 6 nitrogen and oxygen atoms in total. The standard InChI is InChI=1S/C27H32N2O4/c1-5-12-29-16-21(13-19-6-7-20(27(31)33-4)15-25(19)32-3)23-14-18(8-9-24(23)29)17(2)22-10-11-28-26(22)30/h6-9,14-17,22H,5,10-13H2,1-4H3,(H,28,30). The second kappa shape index (κ2) is 9.69. The van der Waals surface area contributed by atoms with Crippen molar-refractivity contribution in [2.75, 3.05) is 20.8 Å². The fraction of sp³-hybridized carbons (Fsp3) is 0.407. The van der Waals surface area contributed by atoms with E-state index in [9.17, 15) is 9.59 Å². The molecule has 2 heterocycles. The normalized spacial score (nSPS) is 16.6. The topological polar surface area (TPSA) is 69.6 Å². The van der Waals surface area contributed by atoms with Crippen LogP contribution in [-0.4, -0.2) is 37.2 Å². The number of amides is 1. The van der Waals surface area contributed by atoms with Gasteiger partial charge in [0, 0.05) is 42.5 Å². The summed E-state index contributed by atoms with van der Waals surface area (Å²) < 4.78 is 12.7. The van der Waals surface area contributed by atoms with Gasteiger partial charge in [0.15, 0.2) is 0 Å². The van der Waals surface area contributed by atoms with Gasteiger partial charge in [0.25, 0.3) is 0 Å². The van der Waals surface area contributed by atoms with Crippen LogP contribution in [0.3, 0.4) is 0 Å². The number of benzene rings is 2. The second-order valence-electron chi connectivity index (χ2n) is 8.79. The number of carbonyl (C=O) groups is 2. The molecule has 0 saturated carbocycles. The van der Waals surface area contributed by atoms with Crippen molar-refractivity contribution in [2.45, 2.75) is 45.6 Å². The summed E-state index contributed by atoms with van der Waals surface area (Å²) in [4.78, 5) is 24.2. The second-order valence-corrected chi connectivity index (χ2v) is 8.79. The van der Waals surface area contributed by atoms with Crippen molar-refractivity contribution in [1.82, 2.24) is 9.88 Å². The van der Waals surface area contributed by atoms with Gasteiger partial charge in [-0.2, -0.15) is 0 Å². The molecule has 1 N–H and O–H groups in total. The number of fused-ring (bicyclic) bond motifs is 1. The smallest absolute Gasteiger partial charge is 0.337 e. The molecule has 6 heteroatoms. The Morgan fingerprint density at radius 1 is 1.18 bits per heavy atom. The molecule has 2 aromatic carbocycles. The Bertz CT molecular complexity index is 1180. The Morgan fingerprint density at radius 3 is 2.67 bits per heavy atom. The molecule has 1 aliphatic rings. The lowest BCUT2D eigenvalue weighted by Gasteiger charge is -2.18. The Hall–Kier alpha value is -3.28. The zero-order valence-corrected chi connectivity index (χ0v) is 19.8. The van der Waals surface area contributed by atoms with Gasteiger partial charge in [-0.1, -0.05) is 26.0 Å². The first-order valence-electron chi connectivity index (χ1n) is 11.6. The first-order chi connectivity index (χ1) is 16.0. The van der Waals surface area contributed by atoms with E-state index in [-0.39, 0.29) is 23.7 Å². The number of hydrogen-bond acceptors (Lipinski definition) is 4. The third-order valence-corrected chi connectivity index (χ3v) is 6.76. The van der Waals surface area contributed by atoms with Crippen LogP contribution in [0.5, 0.6) is 5.75 Å². The minimum Gasteiger partial charge on any atom is -0.496 e. The monoisotopic (exact) mass is 448 g/mol. The maximum atomic E-state index is 12.3. The molecule has 174 valence electrons. The fourth-order valence-corrected chi connectivity index (χ4v) is 4.90. The molecule has 0 spiro atoms. The molecule has 3 aromatic rings. The highest BCUT2D eigenvalue weighted by Gasteiger charge is 2.30. The van der Waals surface area contributed by atoms with Gasteiger partial charge in [-0.25, -0.2) is 4.79 Å². The van der Waals surface area contributed by atoms with E-state index in [2.05, 4.69) is 48.1 Å². The SMILES string of the molecule is CCCn1cc(Cc2ccc(C(=O)OC)cc2OC)c2cc(C(C)C3CCNC3=O)ccc21. The Balaban J connectivity index is 1.73. The first-order valence-corrected chi connectivity index (χ1v) is 11.6. The van der Waals surface area contributed by atoms with E-state index in [4.69, 9.17) is 9.47 Å². The average Bonchev–Trinajstić information content (AvgIpc) is 3.41. The van der Waals surface area contributed by atoms with Crippen LogP contribution in [0.2, 0.25) is 0 Å². The molecule has 1 saturated heterocycles. The van der Waals surface area contributed by atoms with E-state index in [1.807, 2.05) is 6.07 Å². The number of hydrogen-bond donors (Lipinski definition) is 1. The molecule has 1 amide bonds. The summed E-state index contributed by atoms with van der Waals surface area (Å²) in [5.41, 5.74) is 5.07. The number of ether oxygens (including phenoxy) is 2. The summed E-state index contributed by atoms with van der Waals surface area (Å²) in [7, 11) is 2.99. The predicted octanol–water partition coefficient (Wildman–Crippen LogP) is 4.68.